The maximum Gasteiger partial charge on any atom is 0.144 e. The second-order valence-electron chi connectivity index (χ2n) is 4.04. The van der Waals surface area contributed by atoms with Gasteiger partial charge in [0.25, 0.3) is 0 Å². The standard InChI is InChI=1S/C9H15IN4O/c1-9(2,8(11)13-15)3-4-14-6-7(10)5-12-14/h5-6,15H,3-4H2,1-2H3,(H2,11,13). The summed E-state index contributed by atoms with van der Waals surface area (Å²) in [5.41, 5.74) is 5.28. The number of hydrogen-bond donors (Lipinski definition) is 2. The van der Waals surface area contributed by atoms with Gasteiger partial charge in [0.15, 0.2) is 0 Å². The van der Waals surface area contributed by atoms with Gasteiger partial charge in [0, 0.05) is 18.2 Å². The molecule has 1 aromatic heterocycles. The molecule has 0 saturated carbocycles. The third kappa shape index (κ3) is 3.37. The Balaban J connectivity index is 2.57. The number of nitrogens with two attached hydrogens (primary N) is 1. The summed E-state index contributed by atoms with van der Waals surface area (Å²) in [7, 11) is 0. The molecule has 6 heteroatoms. The molecule has 0 aliphatic rings. The molecule has 0 aliphatic carbocycles. The van der Waals surface area contributed by atoms with Crippen molar-refractivity contribution in [2.45, 2.75) is 26.8 Å². The van der Waals surface area contributed by atoms with Crippen molar-refractivity contribution in [1.82, 2.24) is 9.78 Å². The van der Waals surface area contributed by atoms with Gasteiger partial charge in [0.2, 0.25) is 0 Å². The zero-order valence-corrected chi connectivity index (χ0v) is 11.0. The molecule has 0 amide bonds. The summed E-state index contributed by atoms with van der Waals surface area (Å²) in [4.78, 5) is 0. The molecule has 0 unspecified atom stereocenters. The van der Waals surface area contributed by atoms with Gasteiger partial charge in [-0.15, -0.1) is 0 Å². The number of hydrogen-bond acceptors (Lipinski definition) is 3. The number of halogens is 1. The number of aryl methyl sites for hydroxylation is 1. The van der Waals surface area contributed by atoms with E-state index in [1.807, 2.05) is 24.7 Å². The summed E-state index contributed by atoms with van der Waals surface area (Å²) in [6, 6.07) is 0. The lowest BCUT2D eigenvalue weighted by Crippen LogP contribution is -2.33. The summed E-state index contributed by atoms with van der Waals surface area (Å²) >= 11 is 2.21. The van der Waals surface area contributed by atoms with Crippen molar-refractivity contribution >= 4 is 28.4 Å². The van der Waals surface area contributed by atoms with E-state index in [-0.39, 0.29) is 11.3 Å². The summed E-state index contributed by atoms with van der Waals surface area (Å²) in [6.07, 6.45) is 4.54. The Kier molecular flexibility index (Phi) is 3.95. The fourth-order valence-electron chi connectivity index (χ4n) is 1.12. The van der Waals surface area contributed by atoms with E-state index >= 15 is 0 Å². The Morgan fingerprint density at radius 3 is 2.87 bits per heavy atom. The van der Waals surface area contributed by atoms with Gasteiger partial charge in [-0.2, -0.15) is 5.10 Å². The van der Waals surface area contributed by atoms with Crippen LogP contribution in [0.2, 0.25) is 0 Å². The maximum absolute atomic E-state index is 8.61. The highest BCUT2D eigenvalue weighted by atomic mass is 127. The molecule has 5 nitrogen and oxygen atoms in total. The van der Waals surface area contributed by atoms with Crippen LogP contribution in [-0.2, 0) is 6.54 Å². The highest BCUT2D eigenvalue weighted by Gasteiger charge is 2.23. The Labute approximate surface area is 102 Å². The van der Waals surface area contributed by atoms with Gasteiger partial charge in [-0.1, -0.05) is 19.0 Å². The van der Waals surface area contributed by atoms with Crippen LogP contribution in [-0.4, -0.2) is 20.8 Å². The predicted octanol–water partition coefficient (Wildman–Crippen LogP) is 1.65. The van der Waals surface area contributed by atoms with Crippen LogP contribution in [0.1, 0.15) is 20.3 Å². The number of nitrogens with zero attached hydrogens (tertiary/aromatic N) is 3. The fourth-order valence-corrected chi connectivity index (χ4v) is 1.56. The Morgan fingerprint density at radius 2 is 2.40 bits per heavy atom. The van der Waals surface area contributed by atoms with Gasteiger partial charge in [-0.25, -0.2) is 0 Å². The number of oxime groups is 1. The monoisotopic (exact) mass is 322 g/mol. The third-order valence-electron chi connectivity index (χ3n) is 2.37. The van der Waals surface area contributed by atoms with E-state index in [0.717, 1.165) is 16.5 Å². The molecule has 0 radical (unpaired) electrons. The van der Waals surface area contributed by atoms with Crippen molar-refractivity contribution in [2.75, 3.05) is 0 Å². The van der Waals surface area contributed by atoms with Crippen LogP contribution >= 0.6 is 22.6 Å². The minimum absolute atomic E-state index is 0.254. The van der Waals surface area contributed by atoms with Gasteiger partial charge in [-0.3, -0.25) is 4.68 Å². The summed E-state index contributed by atoms with van der Waals surface area (Å²) in [6.45, 7) is 4.64. The van der Waals surface area contributed by atoms with Crippen molar-refractivity contribution in [3.63, 3.8) is 0 Å². The normalized spacial score (nSPS) is 13.1. The SMILES string of the molecule is CC(C)(CCn1cc(I)cn1)C(N)=NO. The molecular formula is C9H15IN4O. The number of aromatic nitrogens is 2. The molecule has 15 heavy (non-hydrogen) atoms. The molecule has 1 aromatic rings. The van der Waals surface area contributed by atoms with Gasteiger partial charge in [0.05, 0.1) is 9.77 Å². The highest BCUT2D eigenvalue weighted by Crippen LogP contribution is 2.21. The molecule has 84 valence electrons. The molecule has 0 bridgehead atoms. The van der Waals surface area contributed by atoms with E-state index in [2.05, 4.69) is 32.8 Å². The molecule has 0 atom stereocenters. The predicted molar refractivity (Wildman–Crippen MR) is 66.8 cm³/mol. The first-order valence-corrected chi connectivity index (χ1v) is 5.69. The number of rotatable bonds is 4. The average Bonchev–Trinajstić information content (AvgIpc) is 2.60. The van der Waals surface area contributed by atoms with Gasteiger partial charge < -0.3 is 10.9 Å². The first kappa shape index (κ1) is 12.3. The lowest BCUT2D eigenvalue weighted by atomic mass is 9.88. The maximum atomic E-state index is 8.61. The van der Waals surface area contributed by atoms with Crippen molar-refractivity contribution < 1.29 is 5.21 Å². The molecule has 3 N–H and O–H groups in total. The second kappa shape index (κ2) is 4.82. The van der Waals surface area contributed by atoms with Crippen LogP contribution in [0.5, 0.6) is 0 Å². The molecule has 0 aromatic carbocycles. The zero-order chi connectivity index (χ0) is 11.5. The largest absolute Gasteiger partial charge is 0.409 e. The molecule has 0 saturated heterocycles. The third-order valence-corrected chi connectivity index (χ3v) is 2.93. The zero-order valence-electron chi connectivity index (χ0n) is 8.81. The minimum Gasteiger partial charge on any atom is -0.409 e. The average molecular weight is 322 g/mol. The minimum atomic E-state index is -0.313. The van der Waals surface area contributed by atoms with Gasteiger partial charge in [0.1, 0.15) is 5.84 Å². The second-order valence-corrected chi connectivity index (χ2v) is 5.29. The lowest BCUT2D eigenvalue weighted by Gasteiger charge is -2.22. The molecule has 1 rings (SSSR count). The van der Waals surface area contributed by atoms with Crippen LogP contribution in [0.3, 0.4) is 0 Å². The Hall–Kier alpha value is -0.790. The first-order chi connectivity index (χ1) is 6.95. The molecule has 0 spiro atoms. The van der Waals surface area contributed by atoms with Crippen molar-refractivity contribution in [2.24, 2.45) is 16.3 Å². The molecule has 0 aliphatic heterocycles. The van der Waals surface area contributed by atoms with Crippen LogP contribution in [0.25, 0.3) is 0 Å². The van der Waals surface area contributed by atoms with Crippen LogP contribution < -0.4 is 5.73 Å². The van der Waals surface area contributed by atoms with Crippen molar-refractivity contribution in [3.05, 3.63) is 16.0 Å². The van der Waals surface area contributed by atoms with E-state index in [1.54, 1.807) is 6.20 Å². The number of amidine groups is 1. The highest BCUT2D eigenvalue weighted by molar-refractivity contribution is 14.1. The van der Waals surface area contributed by atoms with E-state index in [9.17, 15) is 0 Å². The summed E-state index contributed by atoms with van der Waals surface area (Å²) in [5.74, 6) is 0.254. The van der Waals surface area contributed by atoms with Crippen LogP contribution in [0.4, 0.5) is 0 Å². The topological polar surface area (TPSA) is 76.4 Å². The fraction of sp³-hybridized carbons (Fsp3) is 0.556. The smallest absolute Gasteiger partial charge is 0.144 e. The summed E-state index contributed by atoms with van der Waals surface area (Å²) in [5, 5.41) is 15.8. The Bertz CT molecular complexity index is 359. The molecule has 0 fully saturated rings. The van der Waals surface area contributed by atoms with Gasteiger partial charge >= 0.3 is 0 Å². The quantitative estimate of drug-likeness (QED) is 0.291. The van der Waals surface area contributed by atoms with E-state index in [1.165, 1.54) is 0 Å². The molecular weight excluding hydrogens is 307 g/mol. The lowest BCUT2D eigenvalue weighted by molar-refractivity contribution is 0.302. The Morgan fingerprint density at radius 1 is 1.73 bits per heavy atom. The van der Waals surface area contributed by atoms with Gasteiger partial charge in [-0.05, 0) is 29.0 Å². The molecule has 1 heterocycles. The van der Waals surface area contributed by atoms with Crippen molar-refractivity contribution in [3.8, 4) is 0 Å². The summed E-state index contributed by atoms with van der Waals surface area (Å²) < 4.78 is 2.96. The van der Waals surface area contributed by atoms with Crippen LogP contribution in [0, 0.1) is 8.99 Å². The van der Waals surface area contributed by atoms with E-state index in [0.29, 0.717) is 0 Å². The van der Waals surface area contributed by atoms with Crippen molar-refractivity contribution in [1.29, 1.82) is 0 Å². The van der Waals surface area contributed by atoms with Crippen LogP contribution in [0.15, 0.2) is 17.5 Å². The first-order valence-electron chi connectivity index (χ1n) is 4.61. The van der Waals surface area contributed by atoms with E-state index < -0.39 is 0 Å². The van der Waals surface area contributed by atoms with E-state index in [4.69, 9.17) is 10.9 Å².